The molecule has 0 spiro atoms. The van der Waals surface area contributed by atoms with E-state index in [4.69, 9.17) is 0 Å². The summed E-state index contributed by atoms with van der Waals surface area (Å²) in [6.45, 7) is 2.08. The lowest BCUT2D eigenvalue weighted by Gasteiger charge is -2.28. The third kappa shape index (κ3) is 3.97. The molecule has 1 aromatic carbocycles. The van der Waals surface area contributed by atoms with Gasteiger partial charge in [-0.3, -0.25) is 14.7 Å². The van der Waals surface area contributed by atoms with Crippen molar-refractivity contribution in [3.63, 3.8) is 0 Å². The Morgan fingerprint density at radius 2 is 2.08 bits per heavy atom. The van der Waals surface area contributed by atoms with E-state index in [9.17, 15) is 9.18 Å². The van der Waals surface area contributed by atoms with Crippen molar-refractivity contribution in [1.29, 1.82) is 0 Å². The molecule has 1 amide bonds. The highest BCUT2D eigenvalue weighted by molar-refractivity contribution is 5.81. The number of rotatable bonds is 5. The normalized spacial score (nSPS) is 17.8. The minimum Gasteiger partial charge on any atom is -0.338 e. The van der Waals surface area contributed by atoms with Crippen LogP contribution >= 0.6 is 0 Å². The Kier molecular flexibility index (Phi) is 5.20. The Morgan fingerprint density at radius 3 is 2.79 bits per heavy atom. The molecule has 0 N–H and O–H groups in total. The second-order valence-corrected chi connectivity index (χ2v) is 6.27. The summed E-state index contributed by atoms with van der Waals surface area (Å²) in [6.07, 6.45) is 3.62. The number of nitrogens with zero attached hydrogens (tertiary/aromatic N) is 3. The van der Waals surface area contributed by atoms with Crippen LogP contribution in [0.15, 0.2) is 48.7 Å². The fraction of sp³-hybridized carbons (Fsp3) is 0.368. The molecule has 1 aromatic heterocycles. The van der Waals surface area contributed by atoms with Crippen LogP contribution in [0.1, 0.15) is 24.1 Å². The van der Waals surface area contributed by atoms with Crippen LogP contribution in [0, 0.1) is 5.82 Å². The molecule has 126 valence electrons. The maximum absolute atomic E-state index is 13.0. The third-order valence-electron chi connectivity index (χ3n) is 4.45. The lowest BCUT2D eigenvalue weighted by atomic mass is 10.1. The third-order valence-corrected chi connectivity index (χ3v) is 4.45. The van der Waals surface area contributed by atoms with Crippen molar-refractivity contribution in [2.45, 2.75) is 32.0 Å². The SMILES string of the molecule is CN(Cc1ccccn1)C(=O)[C@@H]1CCCN1Cc1ccc(F)cc1. The van der Waals surface area contributed by atoms with Crippen LogP contribution < -0.4 is 0 Å². The number of aromatic nitrogens is 1. The van der Waals surface area contributed by atoms with Gasteiger partial charge in [-0.1, -0.05) is 18.2 Å². The first-order chi connectivity index (χ1) is 11.6. The van der Waals surface area contributed by atoms with E-state index in [1.54, 1.807) is 23.2 Å². The molecule has 3 rings (SSSR count). The number of carbonyl (C=O) groups is 1. The Morgan fingerprint density at radius 1 is 1.29 bits per heavy atom. The first-order valence-corrected chi connectivity index (χ1v) is 8.27. The quantitative estimate of drug-likeness (QED) is 0.847. The van der Waals surface area contributed by atoms with Gasteiger partial charge in [0, 0.05) is 19.8 Å². The van der Waals surface area contributed by atoms with Crippen molar-refractivity contribution >= 4 is 5.91 Å². The van der Waals surface area contributed by atoms with Crippen LogP contribution in [0.4, 0.5) is 4.39 Å². The van der Waals surface area contributed by atoms with Gasteiger partial charge in [-0.25, -0.2) is 4.39 Å². The molecule has 1 saturated heterocycles. The maximum atomic E-state index is 13.0. The van der Waals surface area contributed by atoms with Gasteiger partial charge in [-0.15, -0.1) is 0 Å². The highest BCUT2D eigenvalue weighted by Crippen LogP contribution is 2.22. The lowest BCUT2D eigenvalue weighted by molar-refractivity contribution is -0.135. The van der Waals surface area contributed by atoms with Crippen LogP contribution in [0.2, 0.25) is 0 Å². The number of likely N-dealkylation sites (N-methyl/N-ethyl adjacent to an activating group) is 1. The number of carbonyl (C=O) groups excluding carboxylic acids is 1. The Hall–Kier alpha value is -2.27. The van der Waals surface area contributed by atoms with Crippen molar-refractivity contribution < 1.29 is 9.18 Å². The van der Waals surface area contributed by atoms with E-state index >= 15 is 0 Å². The van der Waals surface area contributed by atoms with Crippen molar-refractivity contribution in [2.75, 3.05) is 13.6 Å². The van der Waals surface area contributed by atoms with Gasteiger partial charge < -0.3 is 4.90 Å². The van der Waals surface area contributed by atoms with E-state index in [2.05, 4.69) is 9.88 Å². The van der Waals surface area contributed by atoms with Crippen LogP contribution in [-0.4, -0.2) is 40.3 Å². The summed E-state index contributed by atoms with van der Waals surface area (Å²) in [5.74, 6) is -0.108. The molecule has 0 bridgehead atoms. The average molecular weight is 327 g/mol. The topological polar surface area (TPSA) is 36.4 Å². The number of hydrogen-bond donors (Lipinski definition) is 0. The maximum Gasteiger partial charge on any atom is 0.240 e. The van der Waals surface area contributed by atoms with Crippen LogP contribution in [0.25, 0.3) is 0 Å². The minimum absolute atomic E-state index is 0.108. The van der Waals surface area contributed by atoms with Crippen molar-refractivity contribution in [1.82, 2.24) is 14.8 Å². The smallest absolute Gasteiger partial charge is 0.240 e. The van der Waals surface area contributed by atoms with Crippen LogP contribution in [0.5, 0.6) is 0 Å². The van der Waals surface area contributed by atoms with E-state index in [0.717, 1.165) is 30.6 Å². The number of likely N-dealkylation sites (tertiary alicyclic amines) is 1. The molecule has 1 aliphatic heterocycles. The molecule has 0 radical (unpaired) electrons. The highest BCUT2D eigenvalue weighted by Gasteiger charge is 2.32. The molecule has 24 heavy (non-hydrogen) atoms. The first kappa shape index (κ1) is 16.6. The molecule has 0 aliphatic carbocycles. The fourth-order valence-electron chi connectivity index (χ4n) is 3.19. The van der Waals surface area contributed by atoms with Gasteiger partial charge in [0.15, 0.2) is 0 Å². The largest absolute Gasteiger partial charge is 0.338 e. The predicted molar refractivity (Wildman–Crippen MR) is 90.5 cm³/mol. The zero-order valence-electron chi connectivity index (χ0n) is 13.9. The Bertz CT molecular complexity index is 675. The molecular formula is C19H22FN3O. The van der Waals surface area contributed by atoms with Crippen molar-refractivity contribution in [3.8, 4) is 0 Å². The fourth-order valence-corrected chi connectivity index (χ4v) is 3.19. The van der Waals surface area contributed by atoms with Gasteiger partial charge in [0.25, 0.3) is 0 Å². The van der Waals surface area contributed by atoms with Crippen LogP contribution in [-0.2, 0) is 17.9 Å². The Balaban J connectivity index is 1.63. The molecule has 0 unspecified atom stereocenters. The zero-order chi connectivity index (χ0) is 16.9. The van der Waals surface area contributed by atoms with Crippen LogP contribution in [0.3, 0.4) is 0 Å². The zero-order valence-corrected chi connectivity index (χ0v) is 13.9. The number of hydrogen-bond acceptors (Lipinski definition) is 3. The van der Waals surface area contributed by atoms with Crippen molar-refractivity contribution in [2.24, 2.45) is 0 Å². The summed E-state index contributed by atoms with van der Waals surface area (Å²) in [5, 5.41) is 0. The molecule has 4 nitrogen and oxygen atoms in total. The van der Waals surface area contributed by atoms with E-state index < -0.39 is 0 Å². The number of halogens is 1. The van der Waals surface area contributed by atoms with E-state index in [0.29, 0.717) is 13.1 Å². The molecule has 1 fully saturated rings. The van der Waals surface area contributed by atoms with Gasteiger partial charge in [-0.2, -0.15) is 0 Å². The monoisotopic (exact) mass is 327 g/mol. The standard InChI is InChI=1S/C19H22FN3O/c1-22(14-17-5-2-3-11-21-17)19(24)18-6-4-12-23(18)13-15-7-9-16(20)10-8-15/h2-3,5,7-11,18H,4,6,12-14H2,1H3/t18-/m0/s1. The first-order valence-electron chi connectivity index (χ1n) is 8.27. The summed E-state index contributed by atoms with van der Waals surface area (Å²) in [7, 11) is 1.82. The van der Waals surface area contributed by atoms with E-state index in [1.165, 1.54) is 12.1 Å². The molecule has 5 heteroatoms. The number of amides is 1. The van der Waals surface area contributed by atoms with E-state index in [1.807, 2.05) is 25.2 Å². The van der Waals surface area contributed by atoms with Gasteiger partial charge in [0.1, 0.15) is 5.82 Å². The average Bonchev–Trinajstić information content (AvgIpc) is 3.05. The minimum atomic E-state index is -0.233. The molecule has 0 saturated carbocycles. The molecule has 1 atom stereocenters. The highest BCUT2D eigenvalue weighted by atomic mass is 19.1. The summed E-state index contributed by atoms with van der Waals surface area (Å²) >= 11 is 0. The number of pyridine rings is 1. The van der Waals surface area contributed by atoms with Gasteiger partial charge in [-0.05, 0) is 49.2 Å². The Labute approximate surface area is 141 Å². The molecule has 2 aromatic rings. The summed E-state index contributed by atoms with van der Waals surface area (Å²) in [6, 6.07) is 12.1. The summed E-state index contributed by atoms with van der Waals surface area (Å²) in [5.41, 5.74) is 1.92. The second-order valence-electron chi connectivity index (χ2n) is 6.27. The predicted octanol–water partition coefficient (Wildman–Crippen LogP) is 2.84. The van der Waals surface area contributed by atoms with E-state index in [-0.39, 0.29) is 17.8 Å². The molecule has 1 aliphatic rings. The lowest BCUT2D eigenvalue weighted by Crippen LogP contribution is -2.43. The van der Waals surface area contributed by atoms with Gasteiger partial charge >= 0.3 is 0 Å². The summed E-state index contributed by atoms with van der Waals surface area (Å²) in [4.78, 5) is 21.0. The number of benzene rings is 1. The second kappa shape index (κ2) is 7.53. The summed E-state index contributed by atoms with van der Waals surface area (Å²) < 4.78 is 13.0. The molecule has 2 heterocycles. The molecular weight excluding hydrogens is 305 g/mol. The van der Waals surface area contributed by atoms with Gasteiger partial charge in [0.2, 0.25) is 5.91 Å². The van der Waals surface area contributed by atoms with Crippen molar-refractivity contribution in [3.05, 3.63) is 65.7 Å². The van der Waals surface area contributed by atoms with Gasteiger partial charge in [0.05, 0.1) is 18.3 Å².